The van der Waals surface area contributed by atoms with Crippen LogP contribution in [0.2, 0.25) is 0 Å². The van der Waals surface area contributed by atoms with Gasteiger partial charge in [0.2, 0.25) is 0 Å². The summed E-state index contributed by atoms with van der Waals surface area (Å²) < 4.78 is 17.4. The number of rotatable bonds is 6. The summed E-state index contributed by atoms with van der Waals surface area (Å²) in [5.74, 6) is 2.02. The van der Waals surface area contributed by atoms with Crippen LogP contribution in [0.3, 0.4) is 0 Å². The molecule has 1 N–H and O–H groups in total. The fourth-order valence-electron chi connectivity index (χ4n) is 3.45. The Morgan fingerprint density at radius 3 is 2.90 bits per heavy atom. The van der Waals surface area contributed by atoms with Gasteiger partial charge in [-0.25, -0.2) is 9.97 Å². The van der Waals surface area contributed by atoms with Crippen molar-refractivity contribution in [2.24, 2.45) is 0 Å². The molecule has 152 valence electrons. The van der Waals surface area contributed by atoms with Crippen LogP contribution in [0, 0.1) is 6.92 Å². The van der Waals surface area contributed by atoms with Crippen LogP contribution >= 0.6 is 0 Å². The standard InChI is InChI=1S/C22H26N4O3/c1-15-5-4-6-16(9-15)25-22-18-10-20(27-3)21(11-19(18)23-14-24-22)29-13-17-12-26(2)7-8-28-17/h4-6,9-11,14,17H,7-8,12-13H2,1-3H3,(H,23,24,25). The number of methoxy groups -OCH3 is 1. The normalized spacial score (nSPS) is 17.3. The van der Waals surface area contributed by atoms with Crippen molar-refractivity contribution in [2.75, 3.05) is 45.8 Å². The van der Waals surface area contributed by atoms with Crippen molar-refractivity contribution in [3.05, 3.63) is 48.3 Å². The van der Waals surface area contributed by atoms with Crippen LogP contribution in [0.5, 0.6) is 11.5 Å². The van der Waals surface area contributed by atoms with E-state index in [4.69, 9.17) is 14.2 Å². The molecule has 1 unspecified atom stereocenters. The number of likely N-dealkylation sites (N-methyl/N-ethyl adjacent to an activating group) is 1. The van der Waals surface area contributed by atoms with E-state index in [-0.39, 0.29) is 6.10 Å². The lowest BCUT2D eigenvalue weighted by atomic mass is 10.2. The predicted octanol–water partition coefficient (Wildman–Crippen LogP) is 3.40. The second-order valence-corrected chi connectivity index (χ2v) is 7.30. The fourth-order valence-corrected chi connectivity index (χ4v) is 3.45. The summed E-state index contributed by atoms with van der Waals surface area (Å²) in [6.07, 6.45) is 1.59. The summed E-state index contributed by atoms with van der Waals surface area (Å²) in [5.41, 5.74) is 2.94. The van der Waals surface area contributed by atoms with E-state index < -0.39 is 0 Å². The van der Waals surface area contributed by atoms with Gasteiger partial charge in [-0.2, -0.15) is 0 Å². The molecule has 0 radical (unpaired) electrons. The van der Waals surface area contributed by atoms with E-state index >= 15 is 0 Å². The lowest BCUT2D eigenvalue weighted by Gasteiger charge is -2.30. The predicted molar refractivity (Wildman–Crippen MR) is 113 cm³/mol. The maximum atomic E-state index is 6.04. The van der Waals surface area contributed by atoms with Gasteiger partial charge >= 0.3 is 0 Å². The number of hydrogen-bond acceptors (Lipinski definition) is 7. The molecule has 0 bridgehead atoms. The topological polar surface area (TPSA) is 68.7 Å². The number of fused-ring (bicyclic) bond motifs is 1. The molecule has 29 heavy (non-hydrogen) atoms. The molecule has 1 aliphatic rings. The number of morpholine rings is 1. The zero-order valence-corrected chi connectivity index (χ0v) is 17.0. The highest BCUT2D eigenvalue weighted by Crippen LogP contribution is 2.35. The Balaban J connectivity index is 1.59. The first kappa shape index (κ1) is 19.4. The zero-order chi connectivity index (χ0) is 20.2. The molecule has 2 heterocycles. The van der Waals surface area contributed by atoms with Gasteiger partial charge in [-0.3, -0.25) is 0 Å². The minimum atomic E-state index is 0.0399. The molecule has 7 nitrogen and oxygen atoms in total. The average Bonchev–Trinajstić information content (AvgIpc) is 2.72. The summed E-state index contributed by atoms with van der Waals surface area (Å²) in [6.45, 7) is 5.04. The van der Waals surface area contributed by atoms with E-state index in [1.165, 1.54) is 5.56 Å². The number of aryl methyl sites for hydroxylation is 1. The number of aromatic nitrogens is 2. The number of benzene rings is 2. The van der Waals surface area contributed by atoms with Gasteiger partial charge in [0.15, 0.2) is 11.5 Å². The van der Waals surface area contributed by atoms with Crippen LogP contribution in [0.25, 0.3) is 10.9 Å². The molecule has 2 aromatic carbocycles. The number of ether oxygens (including phenoxy) is 3. The first-order chi connectivity index (χ1) is 14.1. The van der Waals surface area contributed by atoms with Gasteiger partial charge in [0.05, 0.1) is 19.2 Å². The first-order valence-corrected chi connectivity index (χ1v) is 9.72. The Morgan fingerprint density at radius 2 is 2.10 bits per heavy atom. The summed E-state index contributed by atoms with van der Waals surface area (Å²) in [6, 6.07) is 12.0. The molecular weight excluding hydrogens is 368 g/mol. The maximum absolute atomic E-state index is 6.04. The summed E-state index contributed by atoms with van der Waals surface area (Å²) in [5, 5.41) is 4.24. The quantitative estimate of drug-likeness (QED) is 0.687. The molecule has 0 aliphatic carbocycles. The van der Waals surface area contributed by atoms with Crippen LogP contribution in [0.1, 0.15) is 5.56 Å². The van der Waals surface area contributed by atoms with Gasteiger partial charge in [-0.05, 0) is 37.7 Å². The maximum Gasteiger partial charge on any atom is 0.163 e. The van der Waals surface area contributed by atoms with Gasteiger partial charge in [0.25, 0.3) is 0 Å². The van der Waals surface area contributed by atoms with Crippen molar-refractivity contribution >= 4 is 22.4 Å². The molecule has 7 heteroatoms. The highest BCUT2D eigenvalue weighted by Gasteiger charge is 2.19. The van der Waals surface area contributed by atoms with E-state index in [2.05, 4.69) is 46.3 Å². The molecule has 1 atom stereocenters. The van der Waals surface area contributed by atoms with Crippen molar-refractivity contribution in [3.63, 3.8) is 0 Å². The van der Waals surface area contributed by atoms with Gasteiger partial charge in [0, 0.05) is 30.2 Å². The lowest BCUT2D eigenvalue weighted by Crippen LogP contribution is -2.42. The third kappa shape index (κ3) is 4.58. The van der Waals surface area contributed by atoms with Crippen LogP contribution in [-0.4, -0.2) is 61.4 Å². The molecule has 3 aromatic rings. The van der Waals surface area contributed by atoms with Crippen molar-refractivity contribution in [1.82, 2.24) is 14.9 Å². The summed E-state index contributed by atoms with van der Waals surface area (Å²) in [7, 11) is 3.72. The average molecular weight is 394 g/mol. The third-order valence-corrected chi connectivity index (χ3v) is 4.97. The van der Waals surface area contributed by atoms with Crippen molar-refractivity contribution < 1.29 is 14.2 Å². The highest BCUT2D eigenvalue weighted by atomic mass is 16.5. The van der Waals surface area contributed by atoms with Crippen molar-refractivity contribution in [3.8, 4) is 11.5 Å². The minimum absolute atomic E-state index is 0.0399. The van der Waals surface area contributed by atoms with E-state index in [0.29, 0.717) is 18.1 Å². The summed E-state index contributed by atoms with van der Waals surface area (Å²) in [4.78, 5) is 11.1. The van der Waals surface area contributed by atoms with Crippen LogP contribution in [-0.2, 0) is 4.74 Å². The Bertz CT molecular complexity index is 995. The van der Waals surface area contributed by atoms with Crippen molar-refractivity contribution in [1.29, 1.82) is 0 Å². The Hall–Kier alpha value is -2.90. The Labute approximate surface area is 170 Å². The van der Waals surface area contributed by atoms with Gasteiger partial charge < -0.3 is 24.4 Å². The highest BCUT2D eigenvalue weighted by molar-refractivity contribution is 5.93. The van der Waals surface area contributed by atoms with E-state index in [9.17, 15) is 0 Å². The SMILES string of the molecule is COc1cc2c(Nc3cccc(C)c3)ncnc2cc1OCC1CN(C)CCO1. The van der Waals surface area contributed by atoms with Crippen LogP contribution < -0.4 is 14.8 Å². The lowest BCUT2D eigenvalue weighted by molar-refractivity contribution is -0.0406. The first-order valence-electron chi connectivity index (χ1n) is 9.72. The van der Waals surface area contributed by atoms with Gasteiger partial charge in [-0.15, -0.1) is 0 Å². The van der Waals surface area contributed by atoms with Crippen molar-refractivity contribution in [2.45, 2.75) is 13.0 Å². The zero-order valence-electron chi connectivity index (χ0n) is 17.0. The second-order valence-electron chi connectivity index (χ2n) is 7.30. The number of nitrogens with one attached hydrogen (secondary N) is 1. The largest absolute Gasteiger partial charge is 0.493 e. The molecule has 1 aliphatic heterocycles. The second kappa shape index (κ2) is 8.63. The van der Waals surface area contributed by atoms with Crippen LogP contribution in [0.15, 0.2) is 42.7 Å². The number of anilines is 2. The van der Waals surface area contributed by atoms with E-state index in [1.807, 2.05) is 24.3 Å². The van der Waals surface area contributed by atoms with Gasteiger partial charge in [-0.1, -0.05) is 12.1 Å². The smallest absolute Gasteiger partial charge is 0.163 e. The molecule has 4 rings (SSSR count). The van der Waals surface area contributed by atoms with Crippen LogP contribution in [0.4, 0.5) is 11.5 Å². The van der Waals surface area contributed by atoms with E-state index in [1.54, 1.807) is 13.4 Å². The minimum Gasteiger partial charge on any atom is -0.493 e. The third-order valence-electron chi connectivity index (χ3n) is 4.97. The molecule has 1 saturated heterocycles. The monoisotopic (exact) mass is 394 g/mol. The Kier molecular flexibility index (Phi) is 5.78. The molecule has 0 spiro atoms. The van der Waals surface area contributed by atoms with E-state index in [0.717, 1.165) is 42.1 Å². The molecular formula is C22H26N4O3. The molecule has 0 amide bonds. The molecule has 1 fully saturated rings. The molecule has 0 saturated carbocycles. The fraction of sp³-hybridized carbons (Fsp3) is 0.364. The summed E-state index contributed by atoms with van der Waals surface area (Å²) >= 11 is 0. The van der Waals surface area contributed by atoms with Gasteiger partial charge in [0.1, 0.15) is 24.9 Å². The molecule has 1 aromatic heterocycles. The Morgan fingerprint density at radius 1 is 1.21 bits per heavy atom. The number of hydrogen-bond donors (Lipinski definition) is 1. The number of nitrogens with zero attached hydrogens (tertiary/aromatic N) is 3.